The molecule has 0 aliphatic carbocycles. The van der Waals surface area contributed by atoms with Crippen molar-refractivity contribution in [2.45, 2.75) is 32.5 Å². The van der Waals surface area contributed by atoms with E-state index in [-0.39, 0.29) is 34.7 Å². The Kier molecular flexibility index (Phi) is 11.5. The summed E-state index contributed by atoms with van der Waals surface area (Å²) in [5.74, 6) is 1.17. The molecule has 2 saturated heterocycles. The summed E-state index contributed by atoms with van der Waals surface area (Å²) in [6.07, 6.45) is -1.61. The molecule has 14 heteroatoms. The molecule has 0 saturated carbocycles. The highest BCUT2D eigenvalue weighted by atomic mass is 32.1. The number of thiocarbonyl (C=S) groups is 1. The topological polar surface area (TPSA) is 103 Å². The molecule has 0 atom stereocenters. The first-order valence-electron chi connectivity index (χ1n) is 15.7. The average molecular weight is 672 g/mol. The van der Waals surface area contributed by atoms with Gasteiger partial charge in [0.2, 0.25) is 5.91 Å². The molecule has 3 aromatic rings. The number of hydrogen-bond acceptors (Lipinski definition) is 8. The van der Waals surface area contributed by atoms with Gasteiger partial charge in [-0.15, -0.1) is 0 Å². The lowest BCUT2D eigenvalue weighted by atomic mass is 9.99. The normalized spacial score (nSPS) is 16.4. The Bertz CT molecular complexity index is 1540. The summed E-state index contributed by atoms with van der Waals surface area (Å²) in [6.45, 7) is 7.56. The fourth-order valence-electron chi connectivity index (χ4n) is 5.62. The summed E-state index contributed by atoms with van der Waals surface area (Å²) in [6, 6.07) is 12.8. The minimum atomic E-state index is -4.51. The quantitative estimate of drug-likeness (QED) is 0.185. The number of carbonyl (C=O) groups is 1. The molecule has 2 fully saturated rings. The summed E-state index contributed by atoms with van der Waals surface area (Å²) in [7, 11) is 1.73. The number of benzene rings is 2. The number of amides is 1. The van der Waals surface area contributed by atoms with Crippen LogP contribution in [0, 0.1) is 5.92 Å². The van der Waals surface area contributed by atoms with Crippen molar-refractivity contribution in [3.8, 4) is 11.5 Å². The van der Waals surface area contributed by atoms with Crippen LogP contribution < -0.4 is 26.0 Å². The number of hydrogen-bond donors (Lipinski definition) is 4. The van der Waals surface area contributed by atoms with Crippen LogP contribution in [0.25, 0.3) is 0 Å². The SMILES string of the molecule is CCN1CCN(Cc2ccc(NC(=S)Nc3ccc(Oc4ccnc(NC(=O)C5CCOCC5)c4)cc3NC)cc2C(F)(F)F)CC1. The lowest BCUT2D eigenvalue weighted by Gasteiger charge is -2.34. The van der Waals surface area contributed by atoms with Crippen molar-refractivity contribution < 1.29 is 27.4 Å². The number of nitrogens with one attached hydrogen (secondary N) is 4. The van der Waals surface area contributed by atoms with E-state index in [1.807, 2.05) is 0 Å². The number of aromatic nitrogens is 1. The molecule has 2 aromatic carbocycles. The van der Waals surface area contributed by atoms with Gasteiger partial charge in [0.1, 0.15) is 17.3 Å². The summed E-state index contributed by atoms with van der Waals surface area (Å²) in [5.41, 5.74) is 1.03. The standard InChI is InChI=1S/C33H40F3N7O3S/c1-3-42-12-14-43(15-13-42)21-23-4-5-24(18-27(23)33(34,35)36)39-32(47)40-28-7-6-25(19-29(28)37-2)46-26-8-11-38-30(20-26)41-31(44)22-9-16-45-17-10-22/h4-8,11,18-20,22,37H,3,9-10,12-17,21H2,1-2H3,(H,38,41,44)(H2,39,40,47). The van der Waals surface area contributed by atoms with E-state index in [0.29, 0.717) is 54.7 Å². The third-order valence-electron chi connectivity index (χ3n) is 8.30. The van der Waals surface area contributed by atoms with Crippen molar-refractivity contribution in [2.24, 2.45) is 5.92 Å². The second-order valence-corrected chi connectivity index (χ2v) is 11.9. The smallest absolute Gasteiger partial charge is 0.416 e. The number of ether oxygens (including phenoxy) is 2. The zero-order chi connectivity index (χ0) is 33.4. The van der Waals surface area contributed by atoms with Gasteiger partial charge < -0.3 is 35.6 Å². The largest absolute Gasteiger partial charge is 0.457 e. The summed E-state index contributed by atoms with van der Waals surface area (Å²) >= 11 is 5.46. The molecule has 5 rings (SSSR count). The Labute approximate surface area is 278 Å². The predicted molar refractivity (Wildman–Crippen MR) is 181 cm³/mol. The van der Waals surface area contributed by atoms with E-state index in [1.165, 1.54) is 6.07 Å². The maximum absolute atomic E-state index is 14.1. The minimum absolute atomic E-state index is 0.0953. The molecule has 2 aliphatic rings. The number of pyridine rings is 1. The maximum atomic E-state index is 14.1. The monoisotopic (exact) mass is 671 g/mol. The van der Waals surface area contributed by atoms with Crippen LogP contribution in [0.2, 0.25) is 0 Å². The van der Waals surface area contributed by atoms with Crippen LogP contribution in [0.15, 0.2) is 54.7 Å². The van der Waals surface area contributed by atoms with Gasteiger partial charge in [-0.1, -0.05) is 13.0 Å². The van der Waals surface area contributed by atoms with Gasteiger partial charge >= 0.3 is 6.18 Å². The molecular formula is C33H40F3N7O3S. The Hall–Kier alpha value is -3.98. The zero-order valence-electron chi connectivity index (χ0n) is 26.5. The summed E-state index contributed by atoms with van der Waals surface area (Å²) in [5, 5.41) is 12.0. The van der Waals surface area contributed by atoms with Crippen molar-refractivity contribution in [3.05, 3.63) is 65.9 Å². The van der Waals surface area contributed by atoms with Gasteiger partial charge in [0.05, 0.1) is 16.9 Å². The third-order valence-corrected chi connectivity index (χ3v) is 8.50. The minimum Gasteiger partial charge on any atom is -0.457 e. The van der Waals surface area contributed by atoms with Gasteiger partial charge in [-0.3, -0.25) is 9.69 Å². The third kappa shape index (κ3) is 9.53. The van der Waals surface area contributed by atoms with Crippen LogP contribution in [0.3, 0.4) is 0 Å². The van der Waals surface area contributed by atoms with Gasteiger partial charge in [-0.2, -0.15) is 13.2 Å². The van der Waals surface area contributed by atoms with E-state index in [9.17, 15) is 18.0 Å². The van der Waals surface area contributed by atoms with E-state index < -0.39 is 11.7 Å². The highest BCUT2D eigenvalue weighted by Crippen LogP contribution is 2.35. The number of likely N-dealkylation sites (N-methyl/N-ethyl adjacent to an activating group) is 1. The number of nitrogens with zero attached hydrogens (tertiary/aromatic N) is 3. The van der Waals surface area contributed by atoms with Crippen molar-refractivity contribution >= 4 is 46.1 Å². The second-order valence-electron chi connectivity index (χ2n) is 11.5. The first-order valence-corrected chi connectivity index (χ1v) is 16.1. The molecule has 0 bridgehead atoms. The first kappa shape index (κ1) is 34.4. The molecule has 0 radical (unpaired) electrons. The zero-order valence-corrected chi connectivity index (χ0v) is 27.3. The van der Waals surface area contributed by atoms with Gasteiger partial charge in [-0.25, -0.2) is 4.98 Å². The lowest BCUT2D eigenvalue weighted by molar-refractivity contribution is -0.138. The van der Waals surface area contributed by atoms with E-state index in [4.69, 9.17) is 21.7 Å². The Balaban J connectivity index is 1.20. The molecule has 47 heavy (non-hydrogen) atoms. The van der Waals surface area contributed by atoms with Gasteiger partial charge in [0.15, 0.2) is 5.11 Å². The maximum Gasteiger partial charge on any atom is 0.416 e. The molecule has 1 amide bonds. The molecule has 1 aromatic heterocycles. The highest BCUT2D eigenvalue weighted by Gasteiger charge is 2.34. The highest BCUT2D eigenvalue weighted by molar-refractivity contribution is 7.80. The lowest BCUT2D eigenvalue weighted by Crippen LogP contribution is -2.45. The van der Waals surface area contributed by atoms with Crippen molar-refractivity contribution in [2.75, 3.05) is 74.3 Å². The van der Waals surface area contributed by atoms with Gasteiger partial charge in [-0.05, 0) is 67.5 Å². The van der Waals surface area contributed by atoms with Crippen molar-refractivity contribution in [1.29, 1.82) is 0 Å². The number of anilines is 4. The fourth-order valence-corrected chi connectivity index (χ4v) is 5.84. The van der Waals surface area contributed by atoms with E-state index >= 15 is 0 Å². The molecule has 0 unspecified atom stereocenters. The Morgan fingerprint density at radius 3 is 2.38 bits per heavy atom. The van der Waals surface area contributed by atoms with E-state index in [0.717, 1.165) is 38.8 Å². The second kappa shape index (κ2) is 15.7. The fraction of sp³-hybridized carbons (Fsp3) is 0.424. The Morgan fingerprint density at radius 2 is 1.68 bits per heavy atom. The van der Waals surface area contributed by atoms with Crippen LogP contribution >= 0.6 is 12.2 Å². The molecule has 0 spiro atoms. The predicted octanol–water partition coefficient (Wildman–Crippen LogP) is 6.25. The van der Waals surface area contributed by atoms with Crippen LogP contribution in [0.5, 0.6) is 11.5 Å². The van der Waals surface area contributed by atoms with Crippen molar-refractivity contribution in [1.82, 2.24) is 14.8 Å². The van der Waals surface area contributed by atoms with Gasteiger partial charge in [0, 0.05) is 82.9 Å². The summed E-state index contributed by atoms with van der Waals surface area (Å²) < 4.78 is 53.6. The number of piperazine rings is 1. The average Bonchev–Trinajstić information content (AvgIpc) is 3.06. The molecular weight excluding hydrogens is 631 g/mol. The Morgan fingerprint density at radius 1 is 0.957 bits per heavy atom. The molecule has 3 heterocycles. The van der Waals surface area contributed by atoms with E-state index in [1.54, 1.807) is 49.6 Å². The first-order chi connectivity index (χ1) is 22.6. The summed E-state index contributed by atoms with van der Waals surface area (Å²) in [4.78, 5) is 21.2. The molecule has 10 nitrogen and oxygen atoms in total. The number of carbonyl (C=O) groups excluding carboxylic acids is 1. The van der Waals surface area contributed by atoms with Gasteiger partial charge in [0.25, 0.3) is 0 Å². The molecule has 252 valence electrons. The van der Waals surface area contributed by atoms with Crippen molar-refractivity contribution in [3.63, 3.8) is 0 Å². The van der Waals surface area contributed by atoms with E-state index in [2.05, 4.69) is 43.0 Å². The van der Waals surface area contributed by atoms with Crippen LogP contribution in [-0.4, -0.2) is 78.8 Å². The number of alkyl halides is 3. The van der Waals surface area contributed by atoms with Crippen LogP contribution in [0.4, 0.5) is 36.1 Å². The number of rotatable bonds is 10. The van der Waals surface area contributed by atoms with Crippen LogP contribution in [-0.2, 0) is 22.3 Å². The number of halogens is 3. The molecule has 2 aliphatic heterocycles. The van der Waals surface area contributed by atoms with Crippen LogP contribution in [0.1, 0.15) is 30.9 Å². The molecule has 4 N–H and O–H groups in total.